The minimum Gasteiger partial charge on any atom is -0.319 e. The van der Waals surface area contributed by atoms with E-state index in [1.807, 2.05) is 7.05 Å². The van der Waals surface area contributed by atoms with E-state index in [1.165, 1.54) is 36.9 Å². The Morgan fingerprint density at radius 2 is 1.75 bits per heavy atom. The Bertz CT molecular complexity index is 345. The Balaban J connectivity index is 2.58. The monoisotopic (exact) mass is 276 g/mol. The molecule has 0 fully saturated rings. The van der Waals surface area contributed by atoms with Gasteiger partial charge in [-0.05, 0) is 57.5 Å². The van der Waals surface area contributed by atoms with Crippen LogP contribution < -0.4 is 5.32 Å². The highest BCUT2D eigenvalue weighted by Gasteiger charge is 2.11. The maximum Gasteiger partial charge on any atom is 0.0236 e. The van der Waals surface area contributed by atoms with Crippen molar-refractivity contribution in [3.05, 3.63) is 35.4 Å². The van der Waals surface area contributed by atoms with Crippen molar-refractivity contribution in [3.63, 3.8) is 0 Å². The molecule has 1 N–H and O–H groups in total. The molecular weight excluding hydrogens is 244 g/mol. The van der Waals surface area contributed by atoms with Gasteiger partial charge in [0.2, 0.25) is 0 Å². The summed E-state index contributed by atoms with van der Waals surface area (Å²) in [4.78, 5) is 2.62. The number of rotatable bonds is 10. The molecule has 1 rings (SSSR count). The number of hydrogen-bond donors (Lipinski definition) is 1. The molecule has 0 heterocycles. The molecule has 0 radical (unpaired) electrons. The summed E-state index contributed by atoms with van der Waals surface area (Å²) >= 11 is 0. The minimum absolute atomic E-state index is 0.672. The van der Waals surface area contributed by atoms with E-state index in [2.05, 4.69) is 55.3 Å². The van der Waals surface area contributed by atoms with Crippen molar-refractivity contribution in [2.24, 2.45) is 0 Å². The summed E-state index contributed by atoms with van der Waals surface area (Å²) in [7, 11) is 2.01. The number of unbranched alkanes of at least 4 members (excludes halogenated alkanes) is 1. The highest BCUT2D eigenvalue weighted by molar-refractivity contribution is 5.22. The van der Waals surface area contributed by atoms with Crippen LogP contribution in [0.1, 0.15) is 51.2 Å². The van der Waals surface area contributed by atoms with Crippen LogP contribution in [0.5, 0.6) is 0 Å². The van der Waals surface area contributed by atoms with E-state index in [1.54, 1.807) is 0 Å². The summed E-state index contributed by atoms with van der Waals surface area (Å²) < 4.78 is 0. The highest BCUT2D eigenvalue weighted by Crippen LogP contribution is 2.13. The molecular formula is C18H32N2. The van der Waals surface area contributed by atoms with Crippen molar-refractivity contribution in [3.8, 4) is 0 Å². The van der Waals surface area contributed by atoms with Crippen LogP contribution in [-0.2, 0) is 13.0 Å². The molecule has 114 valence electrons. The van der Waals surface area contributed by atoms with E-state index in [-0.39, 0.29) is 0 Å². The van der Waals surface area contributed by atoms with Crippen LogP contribution in [0.25, 0.3) is 0 Å². The van der Waals surface area contributed by atoms with E-state index in [9.17, 15) is 0 Å². The second kappa shape index (κ2) is 9.95. The van der Waals surface area contributed by atoms with Crippen molar-refractivity contribution < 1.29 is 0 Å². The first-order valence-electron chi connectivity index (χ1n) is 8.17. The molecule has 1 aromatic rings. The van der Waals surface area contributed by atoms with Crippen molar-refractivity contribution in [2.75, 3.05) is 20.1 Å². The third-order valence-electron chi connectivity index (χ3n) is 4.09. The molecule has 1 aromatic carbocycles. The summed E-state index contributed by atoms with van der Waals surface area (Å²) in [6, 6.07) is 9.83. The summed E-state index contributed by atoms with van der Waals surface area (Å²) in [6.07, 6.45) is 4.91. The first-order valence-corrected chi connectivity index (χ1v) is 8.17. The zero-order chi connectivity index (χ0) is 14.8. The van der Waals surface area contributed by atoms with Crippen LogP contribution in [0.4, 0.5) is 0 Å². The topological polar surface area (TPSA) is 15.3 Å². The zero-order valence-corrected chi connectivity index (χ0v) is 13.8. The molecule has 2 heteroatoms. The molecule has 20 heavy (non-hydrogen) atoms. The smallest absolute Gasteiger partial charge is 0.0236 e. The third-order valence-corrected chi connectivity index (χ3v) is 4.09. The molecule has 1 atom stereocenters. The Kier molecular flexibility index (Phi) is 8.56. The van der Waals surface area contributed by atoms with Crippen LogP contribution in [0.2, 0.25) is 0 Å². The Labute approximate surface area is 125 Å². The van der Waals surface area contributed by atoms with Crippen molar-refractivity contribution in [1.82, 2.24) is 10.2 Å². The van der Waals surface area contributed by atoms with Gasteiger partial charge in [0.25, 0.3) is 0 Å². The molecule has 0 spiro atoms. The first kappa shape index (κ1) is 17.2. The fourth-order valence-corrected chi connectivity index (χ4v) is 2.39. The van der Waals surface area contributed by atoms with Gasteiger partial charge in [-0.1, -0.05) is 44.5 Å². The lowest BCUT2D eigenvalue weighted by Gasteiger charge is -2.28. The number of benzene rings is 1. The molecule has 0 aromatic heterocycles. The van der Waals surface area contributed by atoms with Crippen LogP contribution in [0.15, 0.2) is 24.3 Å². The van der Waals surface area contributed by atoms with Gasteiger partial charge in [0.05, 0.1) is 0 Å². The van der Waals surface area contributed by atoms with Crippen molar-refractivity contribution >= 4 is 0 Å². The van der Waals surface area contributed by atoms with E-state index >= 15 is 0 Å². The summed E-state index contributed by atoms with van der Waals surface area (Å²) in [5, 5.41) is 3.20. The lowest BCUT2D eigenvalue weighted by molar-refractivity contribution is 0.192. The molecule has 0 saturated carbocycles. The van der Waals surface area contributed by atoms with Gasteiger partial charge < -0.3 is 5.32 Å². The molecule has 0 aliphatic carbocycles. The van der Waals surface area contributed by atoms with Crippen LogP contribution >= 0.6 is 0 Å². The molecule has 0 saturated heterocycles. The molecule has 0 aliphatic heterocycles. The van der Waals surface area contributed by atoms with Gasteiger partial charge in [0.1, 0.15) is 0 Å². The second-order valence-electron chi connectivity index (χ2n) is 5.75. The molecule has 0 bridgehead atoms. The number of nitrogens with one attached hydrogen (secondary N) is 1. The van der Waals surface area contributed by atoms with Crippen LogP contribution in [0, 0.1) is 0 Å². The molecule has 0 amide bonds. The normalized spacial score (nSPS) is 12.8. The average molecular weight is 276 g/mol. The van der Waals surface area contributed by atoms with E-state index in [0.29, 0.717) is 6.04 Å². The van der Waals surface area contributed by atoms with Gasteiger partial charge in [-0.2, -0.15) is 0 Å². The SMILES string of the molecule is CCCCN(Cc1ccc(CCNC)cc1)C(C)CC. The minimum atomic E-state index is 0.672. The van der Waals surface area contributed by atoms with Crippen LogP contribution in [0.3, 0.4) is 0 Å². The molecule has 2 nitrogen and oxygen atoms in total. The third kappa shape index (κ3) is 6.06. The van der Waals surface area contributed by atoms with Crippen molar-refractivity contribution in [1.29, 1.82) is 0 Å². The standard InChI is InChI=1S/C18H32N2/c1-5-7-14-20(16(3)6-2)15-18-10-8-17(9-11-18)12-13-19-4/h8-11,16,19H,5-7,12-15H2,1-4H3. The maximum atomic E-state index is 3.20. The number of likely N-dealkylation sites (N-methyl/N-ethyl adjacent to an activating group) is 1. The quantitative estimate of drug-likeness (QED) is 0.698. The number of nitrogens with zero attached hydrogens (tertiary/aromatic N) is 1. The number of hydrogen-bond acceptors (Lipinski definition) is 2. The molecule has 0 aliphatic rings. The summed E-state index contributed by atoms with van der Waals surface area (Å²) in [5.74, 6) is 0. The Morgan fingerprint density at radius 3 is 2.30 bits per heavy atom. The summed E-state index contributed by atoms with van der Waals surface area (Å²) in [5.41, 5.74) is 2.86. The van der Waals surface area contributed by atoms with E-state index in [4.69, 9.17) is 0 Å². The first-order chi connectivity index (χ1) is 9.71. The fraction of sp³-hybridized carbons (Fsp3) is 0.667. The van der Waals surface area contributed by atoms with Gasteiger partial charge in [0.15, 0.2) is 0 Å². The Morgan fingerprint density at radius 1 is 1.10 bits per heavy atom. The second-order valence-corrected chi connectivity index (χ2v) is 5.75. The lowest BCUT2D eigenvalue weighted by atomic mass is 10.1. The van der Waals surface area contributed by atoms with Gasteiger partial charge in [-0.25, -0.2) is 0 Å². The zero-order valence-electron chi connectivity index (χ0n) is 13.8. The van der Waals surface area contributed by atoms with Gasteiger partial charge >= 0.3 is 0 Å². The predicted molar refractivity (Wildman–Crippen MR) is 89.1 cm³/mol. The lowest BCUT2D eigenvalue weighted by Crippen LogP contribution is -2.33. The van der Waals surface area contributed by atoms with Gasteiger partial charge in [-0.15, -0.1) is 0 Å². The Hall–Kier alpha value is -0.860. The largest absolute Gasteiger partial charge is 0.319 e. The highest BCUT2D eigenvalue weighted by atomic mass is 15.1. The van der Waals surface area contributed by atoms with Gasteiger partial charge in [0, 0.05) is 12.6 Å². The summed E-state index contributed by atoms with van der Waals surface area (Å²) in [6.45, 7) is 10.2. The van der Waals surface area contributed by atoms with Gasteiger partial charge in [-0.3, -0.25) is 4.90 Å². The fourth-order valence-electron chi connectivity index (χ4n) is 2.39. The predicted octanol–water partition coefficient (Wildman–Crippen LogP) is 3.85. The van der Waals surface area contributed by atoms with E-state index < -0.39 is 0 Å². The van der Waals surface area contributed by atoms with E-state index in [0.717, 1.165) is 19.5 Å². The molecule has 1 unspecified atom stereocenters. The van der Waals surface area contributed by atoms with Crippen molar-refractivity contribution in [2.45, 2.75) is 59.0 Å². The average Bonchev–Trinajstić information content (AvgIpc) is 2.49. The maximum absolute atomic E-state index is 3.20. The van der Waals surface area contributed by atoms with Crippen LogP contribution in [-0.4, -0.2) is 31.1 Å².